The second kappa shape index (κ2) is 4.35. The van der Waals surface area contributed by atoms with Crippen molar-refractivity contribution < 1.29 is 9.13 Å². The normalized spacial score (nSPS) is 21.9. The molecule has 3 rings (SSSR count). The number of benzene rings is 1. The first-order valence-corrected chi connectivity index (χ1v) is 6.26. The number of nitrogens with two attached hydrogens (primary N) is 1. The summed E-state index contributed by atoms with van der Waals surface area (Å²) in [6.07, 6.45) is 2.45. The van der Waals surface area contributed by atoms with Gasteiger partial charge in [-0.1, -0.05) is 0 Å². The number of nitrogens with zero attached hydrogens (tertiary/aromatic N) is 2. The van der Waals surface area contributed by atoms with E-state index in [0.717, 1.165) is 16.8 Å². The summed E-state index contributed by atoms with van der Waals surface area (Å²) in [6.45, 7) is 1.95. The first-order valence-electron chi connectivity index (χ1n) is 6.26. The standard InChI is InChI=1S/C14H16FN3O/c1-8-11(7-18(2)17-8)14-6-12(16)10-5-9(15)3-4-13(10)19-14/h3-5,7,12,14H,6,16H2,1-2H3. The van der Waals surface area contributed by atoms with Gasteiger partial charge in [-0.05, 0) is 25.1 Å². The van der Waals surface area contributed by atoms with Crippen molar-refractivity contribution in [2.45, 2.75) is 25.5 Å². The number of hydrogen-bond acceptors (Lipinski definition) is 3. The van der Waals surface area contributed by atoms with Crippen LogP contribution in [-0.4, -0.2) is 9.78 Å². The van der Waals surface area contributed by atoms with E-state index in [9.17, 15) is 4.39 Å². The van der Waals surface area contributed by atoms with Crippen molar-refractivity contribution >= 4 is 0 Å². The molecule has 0 radical (unpaired) electrons. The molecule has 1 aromatic heterocycles. The van der Waals surface area contributed by atoms with E-state index in [-0.39, 0.29) is 18.0 Å². The number of rotatable bonds is 1. The van der Waals surface area contributed by atoms with Gasteiger partial charge in [0.15, 0.2) is 0 Å². The molecule has 0 aliphatic carbocycles. The van der Waals surface area contributed by atoms with Gasteiger partial charge in [-0.25, -0.2) is 4.39 Å². The molecule has 1 aliphatic heterocycles. The lowest BCUT2D eigenvalue weighted by Gasteiger charge is -2.30. The van der Waals surface area contributed by atoms with Crippen LogP contribution in [0.25, 0.3) is 0 Å². The monoisotopic (exact) mass is 261 g/mol. The van der Waals surface area contributed by atoms with Gasteiger partial charge in [-0.3, -0.25) is 4.68 Å². The van der Waals surface area contributed by atoms with E-state index in [0.29, 0.717) is 12.2 Å². The maximum Gasteiger partial charge on any atom is 0.129 e. The van der Waals surface area contributed by atoms with E-state index in [2.05, 4.69) is 5.10 Å². The summed E-state index contributed by atoms with van der Waals surface area (Å²) >= 11 is 0. The molecule has 0 fully saturated rings. The molecule has 0 amide bonds. The Balaban J connectivity index is 1.97. The quantitative estimate of drug-likeness (QED) is 0.857. The van der Waals surface area contributed by atoms with E-state index >= 15 is 0 Å². The van der Waals surface area contributed by atoms with Gasteiger partial charge >= 0.3 is 0 Å². The second-order valence-electron chi connectivity index (χ2n) is 4.97. The largest absolute Gasteiger partial charge is 0.485 e. The van der Waals surface area contributed by atoms with Crippen LogP contribution in [0, 0.1) is 12.7 Å². The van der Waals surface area contributed by atoms with Crippen molar-refractivity contribution in [2.24, 2.45) is 12.8 Å². The molecule has 2 N–H and O–H groups in total. The number of hydrogen-bond donors (Lipinski definition) is 1. The third-order valence-electron chi connectivity index (χ3n) is 3.51. The number of aromatic nitrogens is 2. The zero-order chi connectivity index (χ0) is 13.6. The fourth-order valence-corrected chi connectivity index (χ4v) is 2.60. The van der Waals surface area contributed by atoms with Gasteiger partial charge in [0.25, 0.3) is 0 Å². The minimum atomic E-state index is -0.284. The summed E-state index contributed by atoms with van der Waals surface area (Å²) in [4.78, 5) is 0. The highest BCUT2D eigenvalue weighted by molar-refractivity contribution is 5.39. The molecule has 5 heteroatoms. The zero-order valence-electron chi connectivity index (χ0n) is 10.9. The molecule has 2 heterocycles. The third-order valence-corrected chi connectivity index (χ3v) is 3.51. The van der Waals surface area contributed by atoms with Crippen molar-refractivity contribution in [3.63, 3.8) is 0 Å². The third kappa shape index (κ3) is 2.10. The van der Waals surface area contributed by atoms with Crippen LogP contribution < -0.4 is 10.5 Å². The first kappa shape index (κ1) is 12.2. The van der Waals surface area contributed by atoms with Crippen LogP contribution in [0.2, 0.25) is 0 Å². The SMILES string of the molecule is Cc1nn(C)cc1C1CC(N)c2cc(F)ccc2O1. The van der Waals surface area contributed by atoms with Crippen LogP contribution in [0.3, 0.4) is 0 Å². The lowest BCUT2D eigenvalue weighted by atomic mass is 9.94. The van der Waals surface area contributed by atoms with Crippen LogP contribution in [0.5, 0.6) is 5.75 Å². The van der Waals surface area contributed by atoms with Crippen LogP contribution in [-0.2, 0) is 7.05 Å². The molecule has 0 saturated carbocycles. The fourth-order valence-electron chi connectivity index (χ4n) is 2.60. The number of fused-ring (bicyclic) bond motifs is 1. The maximum atomic E-state index is 13.2. The molecule has 2 unspecified atom stereocenters. The second-order valence-corrected chi connectivity index (χ2v) is 4.97. The molecule has 1 aromatic carbocycles. The van der Waals surface area contributed by atoms with Crippen molar-refractivity contribution in [2.75, 3.05) is 0 Å². The molecule has 1 aliphatic rings. The molecular formula is C14H16FN3O. The van der Waals surface area contributed by atoms with Crippen molar-refractivity contribution in [3.8, 4) is 5.75 Å². The van der Waals surface area contributed by atoms with E-state index in [1.54, 1.807) is 10.7 Å². The van der Waals surface area contributed by atoms with Crippen molar-refractivity contribution in [1.29, 1.82) is 0 Å². The molecule has 0 saturated heterocycles. The molecule has 100 valence electrons. The predicted octanol–water partition coefficient (Wildman–Crippen LogP) is 2.39. The molecule has 19 heavy (non-hydrogen) atoms. The molecule has 2 aromatic rings. The average molecular weight is 261 g/mol. The Hall–Kier alpha value is -1.88. The van der Waals surface area contributed by atoms with E-state index in [4.69, 9.17) is 10.5 Å². The summed E-state index contributed by atoms with van der Waals surface area (Å²) in [6, 6.07) is 4.27. The van der Waals surface area contributed by atoms with Gasteiger partial charge in [0.1, 0.15) is 17.7 Å². The summed E-state index contributed by atoms with van der Waals surface area (Å²) in [5, 5.41) is 4.32. The van der Waals surface area contributed by atoms with E-state index in [1.165, 1.54) is 12.1 Å². The van der Waals surface area contributed by atoms with Crippen LogP contribution in [0.1, 0.15) is 35.4 Å². The Kier molecular flexibility index (Phi) is 2.78. The van der Waals surface area contributed by atoms with Gasteiger partial charge in [0.2, 0.25) is 0 Å². The molecule has 2 atom stereocenters. The average Bonchev–Trinajstić information content (AvgIpc) is 2.69. The Morgan fingerprint density at radius 2 is 2.21 bits per heavy atom. The summed E-state index contributed by atoms with van der Waals surface area (Å²) < 4.78 is 20.9. The Labute approximate surface area is 111 Å². The predicted molar refractivity (Wildman–Crippen MR) is 69.3 cm³/mol. The van der Waals surface area contributed by atoms with E-state index < -0.39 is 0 Å². The van der Waals surface area contributed by atoms with Crippen LogP contribution in [0.15, 0.2) is 24.4 Å². The number of aryl methyl sites for hydroxylation is 2. The lowest BCUT2D eigenvalue weighted by molar-refractivity contribution is 0.160. The van der Waals surface area contributed by atoms with E-state index in [1.807, 2.05) is 20.2 Å². The van der Waals surface area contributed by atoms with Gasteiger partial charge in [-0.15, -0.1) is 0 Å². The Morgan fingerprint density at radius 3 is 2.89 bits per heavy atom. The first-order chi connectivity index (χ1) is 9.04. The molecule has 0 spiro atoms. The zero-order valence-corrected chi connectivity index (χ0v) is 10.9. The molecule has 0 bridgehead atoms. The maximum absolute atomic E-state index is 13.2. The van der Waals surface area contributed by atoms with Gasteiger partial charge in [-0.2, -0.15) is 5.10 Å². The summed E-state index contributed by atoms with van der Waals surface area (Å²) in [7, 11) is 1.88. The fraction of sp³-hybridized carbons (Fsp3) is 0.357. The minimum Gasteiger partial charge on any atom is -0.485 e. The van der Waals surface area contributed by atoms with Crippen LogP contribution in [0.4, 0.5) is 4.39 Å². The number of halogens is 1. The van der Waals surface area contributed by atoms with Gasteiger partial charge in [0.05, 0.1) is 5.69 Å². The Bertz CT molecular complexity index is 623. The lowest BCUT2D eigenvalue weighted by Crippen LogP contribution is -2.24. The Morgan fingerprint density at radius 1 is 1.42 bits per heavy atom. The van der Waals surface area contributed by atoms with Crippen molar-refractivity contribution in [3.05, 3.63) is 47.0 Å². The van der Waals surface area contributed by atoms with Gasteiger partial charge in [0, 0.05) is 36.8 Å². The topological polar surface area (TPSA) is 53.1 Å². The number of ether oxygens (including phenoxy) is 1. The smallest absolute Gasteiger partial charge is 0.129 e. The molecule has 4 nitrogen and oxygen atoms in total. The van der Waals surface area contributed by atoms with Crippen LogP contribution >= 0.6 is 0 Å². The highest BCUT2D eigenvalue weighted by Gasteiger charge is 2.29. The highest BCUT2D eigenvalue weighted by Crippen LogP contribution is 2.40. The highest BCUT2D eigenvalue weighted by atomic mass is 19.1. The van der Waals surface area contributed by atoms with Gasteiger partial charge < -0.3 is 10.5 Å². The summed E-state index contributed by atoms with van der Waals surface area (Å²) in [5.41, 5.74) is 8.83. The minimum absolute atomic E-state index is 0.123. The van der Waals surface area contributed by atoms with Crippen molar-refractivity contribution in [1.82, 2.24) is 9.78 Å². The summed E-state index contributed by atoms with van der Waals surface area (Å²) in [5.74, 6) is 0.377. The molecular weight excluding hydrogens is 245 g/mol.